The van der Waals surface area contributed by atoms with Crippen molar-refractivity contribution in [2.75, 3.05) is 7.11 Å². The fourth-order valence-electron chi connectivity index (χ4n) is 2.31. The molecular formula is C20H27NO2. The molecule has 0 amide bonds. The highest BCUT2D eigenvalue weighted by molar-refractivity contribution is 5.43. The zero-order chi connectivity index (χ0) is 16.7. The Balaban J connectivity index is 2.03. The number of hydrogen-bond donors (Lipinski definition) is 1. The molecule has 1 atom stereocenters. The van der Waals surface area contributed by atoms with Crippen LogP contribution in [0.15, 0.2) is 42.5 Å². The highest BCUT2D eigenvalue weighted by atomic mass is 16.5. The minimum atomic E-state index is 0.512. The topological polar surface area (TPSA) is 30.5 Å². The molecule has 3 heteroatoms. The van der Waals surface area contributed by atoms with Crippen molar-refractivity contribution < 1.29 is 9.47 Å². The lowest BCUT2D eigenvalue weighted by Crippen LogP contribution is -2.24. The van der Waals surface area contributed by atoms with Gasteiger partial charge in [-0.25, -0.2) is 0 Å². The van der Waals surface area contributed by atoms with Crippen LogP contribution in [-0.4, -0.2) is 13.2 Å². The van der Waals surface area contributed by atoms with Crippen LogP contribution >= 0.6 is 0 Å². The van der Waals surface area contributed by atoms with Gasteiger partial charge in [-0.3, -0.25) is 0 Å². The molecule has 0 spiro atoms. The van der Waals surface area contributed by atoms with Crippen LogP contribution in [0.25, 0.3) is 0 Å². The van der Waals surface area contributed by atoms with Gasteiger partial charge < -0.3 is 14.8 Å². The first-order chi connectivity index (χ1) is 11.1. The van der Waals surface area contributed by atoms with Crippen molar-refractivity contribution in [2.45, 2.75) is 46.4 Å². The van der Waals surface area contributed by atoms with Crippen LogP contribution in [0.2, 0.25) is 0 Å². The van der Waals surface area contributed by atoms with Crippen molar-refractivity contribution in [3.05, 3.63) is 59.2 Å². The van der Waals surface area contributed by atoms with Gasteiger partial charge in [-0.1, -0.05) is 37.3 Å². The maximum Gasteiger partial charge on any atom is 0.161 e. The Morgan fingerprint density at radius 1 is 1.09 bits per heavy atom. The predicted octanol–water partition coefficient (Wildman–Crippen LogP) is 4.47. The molecular weight excluding hydrogens is 286 g/mol. The largest absolute Gasteiger partial charge is 0.493 e. The molecule has 2 aromatic carbocycles. The third-order valence-corrected chi connectivity index (χ3v) is 4.14. The van der Waals surface area contributed by atoms with Crippen LogP contribution < -0.4 is 14.8 Å². The minimum Gasteiger partial charge on any atom is -0.493 e. The Morgan fingerprint density at radius 2 is 1.87 bits per heavy atom. The Hall–Kier alpha value is -2.00. The molecule has 0 saturated carbocycles. The Kier molecular flexibility index (Phi) is 6.48. The highest BCUT2D eigenvalue weighted by Crippen LogP contribution is 2.29. The van der Waals surface area contributed by atoms with Crippen molar-refractivity contribution in [1.82, 2.24) is 5.32 Å². The quantitative estimate of drug-likeness (QED) is 0.780. The van der Waals surface area contributed by atoms with Crippen LogP contribution in [0, 0.1) is 6.92 Å². The molecule has 0 aliphatic carbocycles. The number of aryl methyl sites for hydroxylation is 1. The van der Waals surface area contributed by atoms with E-state index in [2.05, 4.69) is 44.3 Å². The summed E-state index contributed by atoms with van der Waals surface area (Å²) < 4.78 is 11.4. The molecule has 0 unspecified atom stereocenters. The van der Waals surface area contributed by atoms with E-state index in [1.807, 2.05) is 24.3 Å². The number of nitrogens with one attached hydrogen (secondary N) is 1. The van der Waals surface area contributed by atoms with Crippen LogP contribution in [0.1, 0.15) is 37.0 Å². The third-order valence-electron chi connectivity index (χ3n) is 4.14. The summed E-state index contributed by atoms with van der Waals surface area (Å²) in [6, 6.07) is 14.9. The normalized spacial score (nSPS) is 12.0. The van der Waals surface area contributed by atoms with Gasteiger partial charge in [0.05, 0.1) is 7.11 Å². The summed E-state index contributed by atoms with van der Waals surface area (Å²) in [6.45, 7) is 7.86. The van der Waals surface area contributed by atoms with Crippen molar-refractivity contribution >= 4 is 0 Å². The highest BCUT2D eigenvalue weighted by Gasteiger charge is 2.08. The summed E-state index contributed by atoms with van der Waals surface area (Å²) in [6.07, 6.45) is 1.12. The number of ether oxygens (including phenoxy) is 2. The molecule has 2 aromatic rings. The second kappa shape index (κ2) is 8.59. The van der Waals surface area contributed by atoms with Gasteiger partial charge in [0.1, 0.15) is 6.61 Å². The lowest BCUT2D eigenvalue weighted by atomic mass is 10.1. The molecule has 0 aliphatic heterocycles. The molecule has 1 N–H and O–H groups in total. The summed E-state index contributed by atoms with van der Waals surface area (Å²) in [5.41, 5.74) is 3.63. The molecule has 0 heterocycles. The summed E-state index contributed by atoms with van der Waals surface area (Å²) >= 11 is 0. The van der Waals surface area contributed by atoms with E-state index in [-0.39, 0.29) is 0 Å². The van der Waals surface area contributed by atoms with Crippen molar-refractivity contribution in [1.29, 1.82) is 0 Å². The molecule has 0 radical (unpaired) electrons. The number of rotatable bonds is 8. The van der Waals surface area contributed by atoms with E-state index in [0.717, 1.165) is 24.5 Å². The van der Waals surface area contributed by atoms with Gasteiger partial charge in [-0.15, -0.1) is 0 Å². The van der Waals surface area contributed by atoms with Crippen molar-refractivity contribution in [3.8, 4) is 11.5 Å². The molecule has 23 heavy (non-hydrogen) atoms. The fourth-order valence-corrected chi connectivity index (χ4v) is 2.31. The van der Waals surface area contributed by atoms with Crippen LogP contribution in [-0.2, 0) is 13.2 Å². The van der Waals surface area contributed by atoms with Crippen LogP contribution in [0.5, 0.6) is 11.5 Å². The molecule has 0 saturated heterocycles. The number of benzene rings is 2. The van der Waals surface area contributed by atoms with E-state index < -0.39 is 0 Å². The molecule has 0 bridgehead atoms. The van der Waals surface area contributed by atoms with Gasteiger partial charge in [0.15, 0.2) is 11.5 Å². The Bertz CT molecular complexity index is 625. The number of hydrogen-bond acceptors (Lipinski definition) is 3. The van der Waals surface area contributed by atoms with Gasteiger partial charge >= 0.3 is 0 Å². The zero-order valence-corrected chi connectivity index (χ0v) is 14.6. The van der Waals surface area contributed by atoms with Gasteiger partial charge in [0.25, 0.3) is 0 Å². The first-order valence-corrected chi connectivity index (χ1v) is 8.21. The SMILES string of the molecule is CC[C@H](C)NCc1ccc(OCc2ccccc2C)c(OC)c1. The maximum absolute atomic E-state index is 5.95. The summed E-state index contributed by atoms with van der Waals surface area (Å²) in [5.74, 6) is 1.56. The summed E-state index contributed by atoms with van der Waals surface area (Å²) in [7, 11) is 1.68. The standard InChI is InChI=1S/C20H27NO2/c1-5-16(3)21-13-17-10-11-19(20(12-17)22-4)23-14-18-9-7-6-8-15(18)2/h6-12,16,21H,5,13-14H2,1-4H3/t16-/m0/s1. The maximum atomic E-state index is 5.95. The average Bonchev–Trinajstić information content (AvgIpc) is 2.59. The monoisotopic (exact) mass is 313 g/mol. The molecule has 0 fully saturated rings. The average molecular weight is 313 g/mol. The molecule has 124 valence electrons. The lowest BCUT2D eigenvalue weighted by molar-refractivity contribution is 0.283. The van der Waals surface area contributed by atoms with E-state index in [4.69, 9.17) is 9.47 Å². The van der Waals surface area contributed by atoms with E-state index in [1.54, 1.807) is 7.11 Å². The van der Waals surface area contributed by atoms with E-state index >= 15 is 0 Å². The molecule has 3 nitrogen and oxygen atoms in total. The minimum absolute atomic E-state index is 0.512. The smallest absolute Gasteiger partial charge is 0.161 e. The Labute approximate surface area is 139 Å². The van der Waals surface area contributed by atoms with E-state index in [9.17, 15) is 0 Å². The summed E-state index contributed by atoms with van der Waals surface area (Å²) in [5, 5.41) is 3.49. The van der Waals surface area contributed by atoms with E-state index in [0.29, 0.717) is 12.6 Å². The van der Waals surface area contributed by atoms with E-state index in [1.165, 1.54) is 16.7 Å². The molecule has 0 aliphatic rings. The number of methoxy groups -OCH3 is 1. The zero-order valence-electron chi connectivity index (χ0n) is 14.6. The first kappa shape index (κ1) is 17.4. The fraction of sp³-hybridized carbons (Fsp3) is 0.400. The third kappa shape index (κ3) is 5.00. The van der Waals surface area contributed by atoms with Crippen molar-refractivity contribution in [2.24, 2.45) is 0 Å². The molecule has 0 aromatic heterocycles. The lowest BCUT2D eigenvalue weighted by Gasteiger charge is -2.15. The van der Waals surface area contributed by atoms with Gasteiger partial charge in [0, 0.05) is 12.6 Å². The van der Waals surface area contributed by atoms with Crippen LogP contribution in [0.3, 0.4) is 0 Å². The predicted molar refractivity (Wildman–Crippen MR) is 95.1 cm³/mol. The van der Waals surface area contributed by atoms with Crippen molar-refractivity contribution in [3.63, 3.8) is 0 Å². The first-order valence-electron chi connectivity index (χ1n) is 8.21. The second-order valence-electron chi connectivity index (χ2n) is 5.89. The van der Waals surface area contributed by atoms with Crippen LogP contribution in [0.4, 0.5) is 0 Å². The Morgan fingerprint density at radius 3 is 2.57 bits per heavy atom. The molecule has 2 rings (SSSR count). The van der Waals surface area contributed by atoms with Gasteiger partial charge in [0.2, 0.25) is 0 Å². The summed E-state index contributed by atoms with van der Waals surface area (Å²) in [4.78, 5) is 0. The van der Waals surface area contributed by atoms with Gasteiger partial charge in [-0.2, -0.15) is 0 Å². The second-order valence-corrected chi connectivity index (χ2v) is 5.89. The van der Waals surface area contributed by atoms with Gasteiger partial charge in [-0.05, 0) is 49.1 Å².